The van der Waals surface area contributed by atoms with E-state index in [1.165, 1.54) is 13.0 Å². The van der Waals surface area contributed by atoms with Gasteiger partial charge >= 0.3 is 12.1 Å². The van der Waals surface area contributed by atoms with E-state index in [0.29, 0.717) is 34.2 Å². The van der Waals surface area contributed by atoms with Crippen LogP contribution in [0.1, 0.15) is 42.3 Å². The van der Waals surface area contributed by atoms with Crippen LogP contribution < -0.4 is 5.32 Å². The van der Waals surface area contributed by atoms with Crippen LogP contribution in [0.2, 0.25) is 0 Å². The highest BCUT2D eigenvalue weighted by Crippen LogP contribution is 2.35. The summed E-state index contributed by atoms with van der Waals surface area (Å²) in [4.78, 5) is 36.0. The standard InChI is InChI=1S/C27H29NO7S/c1-3-33-24(14-15-34-25(31)16-36)26(22-12-13-23(30)21-7-5-4-6-20(21)22)35-27(32)28-19-10-8-18(9-11-19)17(2)29/h4-13,24,26,30,36H,3,14-16H2,1-2H3,(H,28,32)/t24-,26-/m1/s1. The zero-order chi connectivity index (χ0) is 26.1. The molecule has 0 aliphatic carbocycles. The summed E-state index contributed by atoms with van der Waals surface area (Å²) in [5.41, 5.74) is 1.61. The number of Topliss-reactive ketones (excluding diaryl/α,β-unsaturated/α-hetero) is 1. The van der Waals surface area contributed by atoms with E-state index in [-0.39, 0.29) is 30.3 Å². The number of ether oxygens (including phenoxy) is 3. The second-order valence-corrected chi connectivity index (χ2v) is 8.28. The van der Waals surface area contributed by atoms with E-state index in [1.807, 2.05) is 19.1 Å². The van der Waals surface area contributed by atoms with E-state index >= 15 is 0 Å². The number of rotatable bonds is 11. The Morgan fingerprint density at radius 1 is 1.00 bits per heavy atom. The van der Waals surface area contributed by atoms with Crippen molar-refractivity contribution < 1.29 is 33.7 Å². The number of fused-ring (bicyclic) bond motifs is 1. The van der Waals surface area contributed by atoms with Crippen molar-refractivity contribution in [3.05, 3.63) is 71.8 Å². The Balaban J connectivity index is 1.91. The molecule has 0 saturated heterocycles. The maximum Gasteiger partial charge on any atom is 0.412 e. The number of ketones is 1. The van der Waals surface area contributed by atoms with Crippen LogP contribution in [0.4, 0.5) is 10.5 Å². The summed E-state index contributed by atoms with van der Waals surface area (Å²) in [6.45, 7) is 3.66. The molecule has 0 aliphatic rings. The quantitative estimate of drug-likeness (QED) is 0.182. The van der Waals surface area contributed by atoms with Crippen molar-refractivity contribution in [2.24, 2.45) is 0 Å². The lowest BCUT2D eigenvalue weighted by atomic mass is 9.95. The average molecular weight is 512 g/mol. The first-order valence-electron chi connectivity index (χ1n) is 11.5. The first-order valence-corrected chi connectivity index (χ1v) is 12.1. The normalized spacial score (nSPS) is 12.5. The highest BCUT2D eigenvalue weighted by molar-refractivity contribution is 7.81. The molecule has 9 heteroatoms. The van der Waals surface area contributed by atoms with Gasteiger partial charge in [-0.3, -0.25) is 14.9 Å². The fourth-order valence-corrected chi connectivity index (χ4v) is 3.91. The Hall–Kier alpha value is -3.56. The zero-order valence-electron chi connectivity index (χ0n) is 20.1. The van der Waals surface area contributed by atoms with E-state index in [9.17, 15) is 19.5 Å². The number of phenols is 1. The molecule has 8 nitrogen and oxygen atoms in total. The van der Waals surface area contributed by atoms with Gasteiger partial charge in [-0.05, 0) is 49.6 Å². The molecule has 0 fully saturated rings. The van der Waals surface area contributed by atoms with Gasteiger partial charge in [0.1, 0.15) is 11.9 Å². The van der Waals surface area contributed by atoms with Gasteiger partial charge in [-0.15, -0.1) is 0 Å². The molecule has 3 rings (SSSR count). The van der Waals surface area contributed by atoms with Crippen LogP contribution in [0.5, 0.6) is 5.75 Å². The van der Waals surface area contributed by atoms with Crippen LogP contribution in [-0.2, 0) is 19.0 Å². The summed E-state index contributed by atoms with van der Waals surface area (Å²) in [5, 5.41) is 14.3. The maximum absolute atomic E-state index is 13.0. The Kier molecular flexibility index (Phi) is 9.72. The molecule has 0 radical (unpaired) electrons. The molecule has 3 aromatic rings. The number of hydrogen-bond donors (Lipinski definition) is 3. The molecule has 0 saturated carbocycles. The fraction of sp³-hybridized carbons (Fsp3) is 0.296. The van der Waals surface area contributed by atoms with Gasteiger partial charge in [0.2, 0.25) is 0 Å². The second kappa shape index (κ2) is 12.9. The Morgan fingerprint density at radius 2 is 1.69 bits per heavy atom. The van der Waals surface area contributed by atoms with E-state index in [1.54, 1.807) is 42.5 Å². The van der Waals surface area contributed by atoms with Crippen LogP contribution in [0, 0.1) is 0 Å². The molecule has 190 valence electrons. The predicted octanol–water partition coefficient (Wildman–Crippen LogP) is 5.31. The minimum Gasteiger partial charge on any atom is -0.507 e. The molecular formula is C27H29NO7S. The number of amides is 1. The Morgan fingerprint density at radius 3 is 2.33 bits per heavy atom. The third-order valence-corrected chi connectivity index (χ3v) is 5.78. The van der Waals surface area contributed by atoms with Gasteiger partial charge in [0.05, 0.1) is 12.4 Å². The van der Waals surface area contributed by atoms with Crippen molar-refractivity contribution >= 4 is 46.9 Å². The van der Waals surface area contributed by atoms with Crippen LogP contribution in [0.3, 0.4) is 0 Å². The average Bonchev–Trinajstić information content (AvgIpc) is 2.87. The molecular weight excluding hydrogens is 482 g/mol. The predicted molar refractivity (Wildman–Crippen MR) is 140 cm³/mol. The van der Waals surface area contributed by atoms with Crippen LogP contribution >= 0.6 is 12.6 Å². The number of esters is 1. The largest absolute Gasteiger partial charge is 0.507 e. The number of aromatic hydroxyl groups is 1. The number of phenolic OH excluding ortho intramolecular Hbond substituents is 1. The summed E-state index contributed by atoms with van der Waals surface area (Å²) in [6.07, 6.45) is -2.01. The van der Waals surface area contributed by atoms with Crippen molar-refractivity contribution in [3.8, 4) is 5.75 Å². The number of carbonyl (C=O) groups excluding carboxylic acids is 3. The maximum atomic E-state index is 13.0. The van der Waals surface area contributed by atoms with Gasteiger partial charge in [-0.2, -0.15) is 12.6 Å². The van der Waals surface area contributed by atoms with Crippen molar-refractivity contribution in [3.63, 3.8) is 0 Å². The first kappa shape index (κ1) is 27.0. The first-order chi connectivity index (χ1) is 17.3. The van der Waals surface area contributed by atoms with E-state index < -0.39 is 24.3 Å². The van der Waals surface area contributed by atoms with Crippen molar-refractivity contribution in [2.45, 2.75) is 32.5 Å². The van der Waals surface area contributed by atoms with Crippen molar-refractivity contribution in [1.29, 1.82) is 0 Å². The topological polar surface area (TPSA) is 111 Å². The van der Waals surface area contributed by atoms with E-state index in [2.05, 4.69) is 17.9 Å². The molecule has 3 aromatic carbocycles. The Bertz CT molecular complexity index is 1210. The molecule has 0 bridgehead atoms. The van der Waals surface area contributed by atoms with Crippen molar-refractivity contribution in [2.75, 3.05) is 24.3 Å². The highest BCUT2D eigenvalue weighted by Gasteiger charge is 2.30. The van der Waals surface area contributed by atoms with Crippen molar-refractivity contribution in [1.82, 2.24) is 0 Å². The number of carbonyl (C=O) groups is 3. The summed E-state index contributed by atoms with van der Waals surface area (Å²) in [7, 11) is 0. The molecule has 36 heavy (non-hydrogen) atoms. The molecule has 2 atom stereocenters. The SMILES string of the molecule is CCO[C@H](CCOC(=O)CS)[C@H](OC(=O)Nc1ccc(C(C)=O)cc1)c1ccc(O)c2ccccc12. The number of nitrogens with one attached hydrogen (secondary N) is 1. The van der Waals surface area contributed by atoms with Crippen LogP contribution in [0.25, 0.3) is 10.8 Å². The smallest absolute Gasteiger partial charge is 0.412 e. The van der Waals surface area contributed by atoms with E-state index in [4.69, 9.17) is 14.2 Å². The van der Waals surface area contributed by atoms with Gasteiger partial charge in [0, 0.05) is 35.2 Å². The van der Waals surface area contributed by atoms with Crippen LogP contribution in [-0.4, -0.2) is 48.0 Å². The minimum atomic E-state index is -0.887. The highest BCUT2D eigenvalue weighted by atomic mass is 32.1. The number of benzene rings is 3. The molecule has 2 N–H and O–H groups in total. The summed E-state index contributed by atoms with van der Waals surface area (Å²) in [5.74, 6) is -0.500. The zero-order valence-corrected chi connectivity index (χ0v) is 21.0. The third-order valence-electron chi connectivity index (χ3n) is 5.53. The number of thiol groups is 1. The fourth-order valence-electron chi connectivity index (χ4n) is 3.82. The second-order valence-electron chi connectivity index (χ2n) is 7.96. The Labute approximate surface area is 215 Å². The van der Waals surface area contributed by atoms with Crippen LogP contribution in [0.15, 0.2) is 60.7 Å². The molecule has 0 aromatic heterocycles. The molecule has 1 amide bonds. The lowest BCUT2D eigenvalue weighted by molar-refractivity contribution is -0.142. The lowest BCUT2D eigenvalue weighted by Gasteiger charge is -2.28. The molecule has 0 heterocycles. The lowest BCUT2D eigenvalue weighted by Crippen LogP contribution is -2.30. The minimum absolute atomic E-state index is 0.0490. The number of hydrogen-bond acceptors (Lipinski definition) is 8. The molecule has 0 spiro atoms. The third kappa shape index (κ3) is 6.99. The summed E-state index contributed by atoms with van der Waals surface area (Å²) < 4.78 is 17.0. The molecule has 0 unspecified atom stereocenters. The van der Waals surface area contributed by atoms with Gasteiger partial charge < -0.3 is 19.3 Å². The van der Waals surface area contributed by atoms with Gasteiger partial charge in [0.25, 0.3) is 0 Å². The summed E-state index contributed by atoms with van der Waals surface area (Å²) >= 11 is 3.91. The number of anilines is 1. The summed E-state index contributed by atoms with van der Waals surface area (Å²) in [6, 6.07) is 16.9. The molecule has 0 aliphatic heterocycles. The monoisotopic (exact) mass is 511 g/mol. The van der Waals surface area contributed by atoms with Gasteiger partial charge in [-0.1, -0.05) is 30.3 Å². The van der Waals surface area contributed by atoms with Gasteiger partial charge in [-0.25, -0.2) is 4.79 Å². The van der Waals surface area contributed by atoms with Gasteiger partial charge in [0.15, 0.2) is 11.9 Å². The van der Waals surface area contributed by atoms with E-state index in [0.717, 1.165) is 0 Å².